The van der Waals surface area contributed by atoms with E-state index in [4.69, 9.17) is 0 Å². The van der Waals surface area contributed by atoms with Crippen LogP contribution in [0.25, 0.3) is 0 Å². The third-order valence-electron chi connectivity index (χ3n) is 3.63. The van der Waals surface area contributed by atoms with Crippen LogP contribution < -0.4 is 4.90 Å². The summed E-state index contributed by atoms with van der Waals surface area (Å²) in [7, 11) is 0. The van der Waals surface area contributed by atoms with Crippen LogP contribution in [0.4, 0.5) is 11.4 Å². The first-order chi connectivity index (χ1) is 11.3. The Hall–Kier alpha value is -2.57. The van der Waals surface area contributed by atoms with Crippen molar-refractivity contribution >= 4 is 27.3 Å². The second-order valence-electron chi connectivity index (χ2n) is 5.12. The number of nitrogens with zero attached hydrogens (tertiary/aromatic N) is 2. The fourth-order valence-electron chi connectivity index (χ4n) is 2.55. The van der Waals surface area contributed by atoms with E-state index < -0.39 is 0 Å². The summed E-state index contributed by atoms with van der Waals surface area (Å²) < 4.78 is 1.02. The van der Waals surface area contributed by atoms with E-state index in [1.807, 2.05) is 84.9 Å². The maximum Gasteiger partial charge on any atom is 0.146 e. The summed E-state index contributed by atoms with van der Waals surface area (Å²) in [6.07, 6.45) is 0. The van der Waals surface area contributed by atoms with Gasteiger partial charge in [-0.25, -0.2) is 0 Å². The normalized spacial score (nSPS) is 11.5. The number of hydrogen-bond donors (Lipinski definition) is 0. The molecule has 1 atom stereocenters. The van der Waals surface area contributed by atoms with Crippen molar-refractivity contribution in [2.45, 2.75) is 6.04 Å². The molecular weight excluding hydrogens is 348 g/mol. The molecule has 0 saturated carbocycles. The van der Waals surface area contributed by atoms with Gasteiger partial charge < -0.3 is 4.90 Å². The molecule has 0 spiro atoms. The molecule has 3 aromatic rings. The van der Waals surface area contributed by atoms with Gasteiger partial charge in [0.25, 0.3) is 0 Å². The van der Waals surface area contributed by atoms with Crippen LogP contribution in [-0.4, -0.2) is 0 Å². The van der Waals surface area contributed by atoms with Crippen LogP contribution in [0.5, 0.6) is 0 Å². The summed E-state index contributed by atoms with van der Waals surface area (Å²) in [6, 6.07) is 29.9. The fourth-order valence-corrected chi connectivity index (χ4v) is 2.82. The first kappa shape index (κ1) is 15.3. The predicted octanol–water partition coefficient (Wildman–Crippen LogP) is 5.85. The van der Waals surface area contributed by atoms with Crippen LogP contribution in [-0.2, 0) is 0 Å². The molecule has 112 valence electrons. The van der Waals surface area contributed by atoms with Crippen LogP contribution in [0, 0.1) is 11.3 Å². The van der Waals surface area contributed by atoms with Crippen molar-refractivity contribution in [2.75, 3.05) is 4.90 Å². The third kappa shape index (κ3) is 3.44. The van der Waals surface area contributed by atoms with E-state index in [1.54, 1.807) is 0 Å². The fraction of sp³-hybridized carbons (Fsp3) is 0.0500. The monoisotopic (exact) mass is 362 g/mol. The lowest BCUT2D eigenvalue weighted by atomic mass is 10.0. The van der Waals surface area contributed by atoms with Gasteiger partial charge in [0.05, 0.1) is 6.07 Å². The van der Waals surface area contributed by atoms with E-state index in [9.17, 15) is 5.26 Å². The van der Waals surface area contributed by atoms with Crippen molar-refractivity contribution in [1.82, 2.24) is 0 Å². The molecule has 0 aliphatic carbocycles. The van der Waals surface area contributed by atoms with E-state index in [-0.39, 0.29) is 6.04 Å². The minimum absolute atomic E-state index is 0.389. The lowest BCUT2D eigenvalue weighted by Gasteiger charge is -2.30. The van der Waals surface area contributed by atoms with E-state index in [2.05, 4.69) is 26.9 Å². The van der Waals surface area contributed by atoms with Gasteiger partial charge in [-0.1, -0.05) is 64.5 Å². The molecule has 0 amide bonds. The smallest absolute Gasteiger partial charge is 0.146 e. The Bertz CT molecular complexity index is 793. The summed E-state index contributed by atoms with van der Waals surface area (Å²) in [5, 5.41) is 9.83. The first-order valence-electron chi connectivity index (χ1n) is 7.34. The number of nitriles is 1. The second kappa shape index (κ2) is 7.13. The predicted molar refractivity (Wildman–Crippen MR) is 97.5 cm³/mol. The highest BCUT2D eigenvalue weighted by Gasteiger charge is 2.22. The molecule has 0 aliphatic heterocycles. The zero-order chi connectivity index (χ0) is 16.1. The van der Waals surface area contributed by atoms with Crippen molar-refractivity contribution in [2.24, 2.45) is 0 Å². The Morgan fingerprint density at radius 2 is 1.26 bits per heavy atom. The minimum atomic E-state index is -0.389. The summed E-state index contributed by atoms with van der Waals surface area (Å²) in [5.41, 5.74) is 2.95. The standard InChI is InChI=1S/C20H15BrN2/c21-17-11-13-19(14-12-17)23(18-9-5-2-6-10-18)20(15-22)16-7-3-1-4-8-16/h1-14,20H. The van der Waals surface area contributed by atoms with E-state index in [0.717, 1.165) is 21.4 Å². The third-order valence-corrected chi connectivity index (χ3v) is 4.16. The maximum atomic E-state index is 9.83. The molecule has 0 heterocycles. The van der Waals surface area contributed by atoms with Crippen LogP contribution >= 0.6 is 15.9 Å². The summed E-state index contributed by atoms with van der Waals surface area (Å²) in [6.45, 7) is 0. The topological polar surface area (TPSA) is 27.0 Å². The molecule has 0 fully saturated rings. The van der Waals surface area contributed by atoms with Crippen molar-refractivity contribution in [1.29, 1.82) is 5.26 Å². The summed E-state index contributed by atoms with van der Waals surface area (Å²) in [4.78, 5) is 2.06. The molecule has 0 N–H and O–H groups in total. The van der Waals surface area contributed by atoms with Gasteiger partial charge in [-0.05, 0) is 42.0 Å². The van der Waals surface area contributed by atoms with Crippen LogP contribution in [0.15, 0.2) is 89.4 Å². The van der Waals surface area contributed by atoms with Gasteiger partial charge in [-0.2, -0.15) is 5.26 Å². The molecule has 0 radical (unpaired) electrons. The van der Waals surface area contributed by atoms with Gasteiger partial charge in [-0.3, -0.25) is 0 Å². The number of anilines is 2. The van der Waals surface area contributed by atoms with E-state index in [1.165, 1.54) is 0 Å². The van der Waals surface area contributed by atoms with Crippen molar-refractivity contribution in [3.05, 3.63) is 95.0 Å². The highest BCUT2D eigenvalue weighted by Crippen LogP contribution is 2.35. The number of benzene rings is 3. The highest BCUT2D eigenvalue weighted by atomic mass is 79.9. The molecule has 3 rings (SSSR count). The molecule has 0 bridgehead atoms. The van der Waals surface area contributed by atoms with Gasteiger partial charge in [0.2, 0.25) is 0 Å². The van der Waals surface area contributed by atoms with Gasteiger partial charge in [0.15, 0.2) is 0 Å². The first-order valence-corrected chi connectivity index (χ1v) is 8.13. The molecule has 0 aliphatic rings. The van der Waals surface area contributed by atoms with Gasteiger partial charge in [-0.15, -0.1) is 0 Å². The molecule has 0 aromatic heterocycles. The van der Waals surface area contributed by atoms with Crippen LogP contribution in [0.3, 0.4) is 0 Å². The van der Waals surface area contributed by atoms with Crippen molar-refractivity contribution < 1.29 is 0 Å². The number of halogens is 1. The molecule has 3 aromatic carbocycles. The Morgan fingerprint density at radius 3 is 1.83 bits per heavy atom. The SMILES string of the molecule is N#CC(c1ccccc1)N(c1ccccc1)c1ccc(Br)cc1. The Kier molecular flexibility index (Phi) is 4.75. The number of para-hydroxylation sites is 1. The maximum absolute atomic E-state index is 9.83. The van der Waals surface area contributed by atoms with Gasteiger partial charge in [0, 0.05) is 15.8 Å². The second-order valence-corrected chi connectivity index (χ2v) is 6.04. The number of rotatable bonds is 4. The van der Waals surface area contributed by atoms with Crippen LogP contribution in [0.1, 0.15) is 11.6 Å². The molecule has 1 unspecified atom stereocenters. The van der Waals surface area contributed by atoms with Crippen molar-refractivity contribution in [3.8, 4) is 6.07 Å². The Morgan fingerprint density at radius 1 is 0.739 bits per heavy atom. The average molecular weight is 363 g/mol. The molecule has 23 heavy (non-hydrogen) atoms. The average Bonchev–Trinajstić information content (AvgIpc) is 2.62. The lowest BCUT2D eigenvalue weighted by molar-refractivity contribution is 0.864. The molecule has 3 heteroatoms. The molecular formula is C20H15BrN2. The van der Waals surface area contributed by atoms with E-state index >= 15 is 0 Å². The van der Waals surface area contributed by atoms with Crippen molar-refractivity contribution in [3.63, 3.8) is 0 Å². The minimum Gasteiger partial charge on any atom is -0.321 e. The number of hydrogen-bond acceptors (Lipinski definition) is 2. The summed E-state index contributed by atoms with van der Waals surface area (Å²) >= 11 is 3.47. The van der Waals surface area contributed by atoms with Gasteiger partial charge >= 0.3 is 0 Å². The Balaban J connectivity index is 2.11. The van der Waals surface area contributed by atoms with E-state index in [0.29, 0.717) is 0 Å². The largest absolute Gasteiger partial charge is 0.321 e. The quantitative estimate of drug-likeness (QED) is 0.581. The lowest BCUT2D eigenvalue weighted by Crippen LogP contribution is -2.22. The highest BCUT2D eigenvalue weighted by molar-refractivity contribution is 9.10. The van der Waals surface area contributed by atoms with Crippen LogP contribution in [0.2, 0.25) is 0 Å². The van der Waals surface area contributed by atoms with Gasteiger partial charge in [0.1, 0.15) is 6.04 Å². The zero-order valence-corrected chi connectivity index (χ0v) is 14.0. The zero-order valence-electron chi connectivity index (χ0n) is 12.4. The Labute approximate surface area is 144 Å². The summed E-state index contributed by atoms with van der Waals surface area (Å²) in [5.74, 6) is 0. The molecule has 0 saturated heterocycles. The molecule has 2 nitrogen and oxygen atoms in total.